The third-order valence-corrected chi connectivity index (χ3v) is 6.72. The molecule has 1 aliphatic carbocycles. The van der Waals surface area contributed by atoms with Gasteiger partial charge >= 0.3 is 5.97 Å². The van der Waals surface area contributed by atoms with Crippen LogP contribution in [0.1, 0.15) is 69.2 Å². The lowest BCUT2D eigenvalue weighted by molar-refractivity contribution is -0.145. The molecule has 0 heterocycles. The number of rotatable bonds is 7. The molecule has 27 heavy (non-hydrogen) atoms. The van der Waals surface area contributed by atoms with E-state index < -0.39 is 27.4 Å². The predicted octanol–water partition coefficient (Wildman–Crippen LogP) is 2.67. The van der Waals surface area contributed by atoms with Crippen LogP contribution in [0, 0.1) is 0 Å². The summed E-state index contributed by atoms with van der Waals surface area (Å²) in [7, 11) is -3.65. The first-order valence-corrected chi connectivity index (χ1v) is 10.9. The molecule has 1 amide bonds. The maximum absolute atomic E-state index is 12.6. The summed E-state index contributed by atoms with van der Waals surface area (Å²) in [5, 5.41) is 12.3. The smallest absolute Gasteiger partial charge is 0.329 e. The van der Waals surface area contributed by atoms with Crippen molar-refractivity contribution in [1.82, 2.24) is 10.0 Å². The second-order valence-corrected chi connectivity index (χ2v) is 8.92. The molecule has 0 aliphatic heterocycles. The molecule has 1 unspecified atom stereocenters. The molecule has 1 fully saturated rings. The van der Waals surface area contributed by atoms with Gasteiger partial charge in [-0.1, -0.05) is 32.6 Å². The van der Waals surface area contributed by atoms with Crippen molar-refractivity contribution < 1.29 is 23.1 Å². The first-order chi connectivity index (χ1) is 12.7. The number of carbonyl (C=O) groups excluding carboxylic acids is 1. The van der Waals surface area contributed by atoms with Crippen LogP contribution in [0.3, 0.4) is 0 Å². The minimum atomic E-state index is -3.65. The van der Waals surface area contributed by atoms with Gasteiger partial charge in [0.05, 0.1) is 4.90 Å². The van der Waals surface area contributed by atoms with Gasteiger partial charge in [0.1, 0.15) is 5.54 Å². The second-order valence-electron chi connectivity index (χ2n) is 7.21. The average molecular weight is 397 g/mol. The standard InChI is InChI=1S/C19H28N2O5S/c1-3-14(2)21-27(25,26)16-10-8-15(9-11-16)17(22)20-19(18(23)24)12-6-4-5-7-13-19/h8-11,14,21H,3-7,12-13H2,1-2H3,(H,20,22)(H,23,24). The van der Waals surface area contributed by atoms with Crippen LogP contribution in [0.2, 0.25) is 0 Å². The first-order valence-electron chi connectivity index (χ1n) is 9.38. The van der Waals surface area contributed by atoms with Crippen LogP contribution in [-0.2, 0) is 14.8 Å². The Labute approximate surface area is 160 Å². The van der Waals surface area contributed by atoms with Gasteiger partial charge in [0, 0.05) is 11.6 Å². The summed E-state index contributed by atoms with van der Waals surface area (Å²) in [6, 6.07) is 5.35. The van der Waals surface area contributed by atoms with Crippen molar-refractivity contribution in [2.24, 2.45) is 0 Å². The van der Waals surface area contributed by atoms with E-state index in [-0.39, 0.29) is 16.5 Å². The quantitative estimate of drug-likeness (QED) is 0.613. The molecule has 0 saturated heterocycles. The molecule has 2 rings (SSSR count). The van der Waals surface area contributed by atoms with Gasteiger partial charge < -0.3 is 10.4 Å². The van der Waals surface area contributed by atoms with Crippen LogP contribution < -0.4 is 10.0 Å². The zero-order chi connectivity index (χ0) is 20.1. The zero-order valence-corrected chi connectivity index (χ0v) is 16.6. The van der Waals surface area contributed by atoms with Gasteiger partial charge in [-0.15, -0.1) is 0 Å². The molecule has 1 atom stereocenters. The molecule has 7 nitrogen and oxygen atoms in total. The van der Waals surface area contributed by atoms with E-state index >= 15 is 0 Å². The van der Waals surface area contributed by atoms with Gasteiger partial charge in [0.2, 0.25) is 10.0 Å². The molecule has 8 heteroatoms. The Kier molecular flexibility index (Phi) is 7.00. The minimum Gasteiger partial charge on any atom is -0.480 e. The Balaban J connectivity index is 2.16. The highest BCUT2D eigenvalue weighted by Gasteiger charge is 2.40. The van der Waals surface area contributed by atoms with Crippen molar-refractivity contribution in [2.75, 3.05) is 0 Å². The Hall–Kier alpha value is -1.93. The number of aliphatic carboxylic acids is 1. The summed E-state index contributed by atoms with van der Waals surface area (Å²) in [4.78, 5) is 24.5. The zero-order valence-electron chi connectivity index (χ0n) is 15.8. The number of carboxylic acid groups (broad SMARTS) is 1. The molecule has 0 spiro atoms. The molecule has 0 radical (unpaired) electrons. The second kappa shape index (κ2) is 8.84. The van der Waals surface area contributed by atoms with Crippen molar-refractivity contribution >= 4 is 21.9 Å². The number of hydrogen-bond donors (Lipinski definition) is 3. The summed E-state index contributed by atoms with van der Waals surface area (Å²) in [6.45, 7) is 3.66. The largest absolute Gasteiger partial charge is 0.480 e. The van der Waals surface area contributed by atoms with Crippen LogP contribution in [0.25, 0.3) is 0 Å². The third kappa shape index (κ3) is 5.29. The van der Waals surface area contributed by atoms with Gasteiger partial charge in [-0.25, -0.2) is 17.9 Å². The monoisotopic (exact) mass is 396 g/mol. The lowest BCUT2D eigenvalue weighted by atomic mass is 9.90. The number of nitrogens with one attached hydrogen (secondary N) is 2. The maximum atomic E-state index is 12.6. The number of hydrogen-bond acceptors (Lipinski definition) is 4. The number of sulfonamides is 1. The molecule has 1 aromatic rings. The van der Waals surface area contributed by atoms with Gasteiger partial charge in [0.15, 0.2) is 0 Å². The van der Waals surface area contributed by atoms with Gasteiger partial charge in [-0.3, -0.25) is 4.79 Å². The summed E-state index contributed by atoms with van der Waals surface area (Å²) < 4.78 is 27.1. The predicted molar refractivity (Wildman–Crippen MR) is 102 cm³/mol. The van der Waals surface area contributed by atoms with Crippen LogP contribution in [0.4, 0.5) is 0 Å². The van der Waals surface area contributed by atoms with E-state index in [9.17, 15) is 23.1 Å². The average Bonchev–Trinajstić information content (AvgIpc) is 2.88. The van der Waals surface area contributed by atoms with E-state index in [4.69, 9.17) is 0 Å². The number of carbonyl (C=O) groups is 2. The molecular weight excluding hydrogens is 368 g/mol. The highest BCUT2D eigenvalue weighted by molar-refractivity contribution is 7.89. The van der Waals surface area contributed by atoms with Crippen molar-refractivity contribution in [3.8, 4) is 0 Å². The highest BCUT2D eigenvalue weighted by Crippen LogP contribution is 2.28. The Morgan fingerprint density at radius 3 is 2.15 bits per heavy atom. The van der Waals surface area contributed by atoms with E-state index in [2.05, 4.69) is 10.0 Å². The van der Waals surface area contributed by atoms with Crippen molar-refractivity contribution in [3.63, 3.8) is 0 Å². The molecule has 1 aliphatic rings. The SMILES string of the molecule is CCC(C)NS(=O)(=O)c1ccc(C(=O)NC2(C(=O)O)CCCCCC2)cc1. The van der Waals surface area contributed by atoms with Crippen molar-refractivity contribution in [1.29, 1.82) is 0 Å². The van der Waals surface area contributed by atoms with E-state index in [1.807, 2.05) is 6.92 Å². The minimum absolute atomic E-state index is 0.0711. The molecule has 0 bridgehead atoms. The maximum Gasteiger partial charge on any atom is 0.329 e. The van der Waals surface area contributed by atoms with Gasteiger partial charge in [-0.05, 0) is 50.5 Å². The lowest BCUT2D eigenvalue weighted by Crippen LogP contribution is -2.54. The fraction of sp³-hybridized carbons (Fsp3) is 0.579. The van der Waals surface area contributed by atoms with Gasteiger partial charge in [0.25, 0.3) is 5.91 Å². The van der Waals surface area contributed by atoms with Crippen LogP contribution in [0.15, 0.2) is 29.2 Å². The Morgan fingerprint density at radius 2 is 1.67 bits per heavy atom. The fourth-order valence-corrected chi connectivity index (χ4v) is 4.54. The highest BCUT2D eigenvalue weighted by atomic mass is 32.2. The molecule has 150 valence electrons. The van der Waals surface area contributed by atoms with Gasteiger partial charge in [-0.2, -0.15) is 0 Å². The van der Waals surface area contributed by atoms with E-state index in [1.54, 1.807) is 6.92 Å². The summed E-state index contributed by atoms with van der Waals surface area (Å²) in [6.07, 6.45) is 4.90. The van der Waals surface area contributed by atoms with E-state index in [0.29, 0.717) is 19.3 Å². The van der Waals surface area contributed by atoms with Crippen LogP contribution in [0.5, 0.6) is 0 Å². The molecule has 1 saturated carbocycles. The molecule has 0 aromatic heterocycles. The van der Waals surface area contributed by atoms with Crippen LogP contribution >= 0.6 is 0 Å². The summed E-state index contributed by atoms with van der Waals surface area (Å²) in [5.41, 5.74) is -1.02. The number of amides is 1. The van der Waals surface area contributed by atoms with Crippen molar-refractivity contribution in [3.05, 3.63) is 29.8 Å². The normalized spacial score (nSPS) is 18.3. The van der Waals surface area contributed by atoms with E-state index in [1.165, 1.54) is 24.3 Å². The topological polar surface area (TPSA) is 113 Å². The Bertz CT molecular complexity index is 766. The van der Waals surface area contributed by atoms with Crippen LogP contribution in [-0.4, -0.2) is 37.0 Å². The number of carboxylic acids is 1. The first kappa shape index (κ1) is 21.4. The summed E-state index contributed by atoms with van der Waals surface area (Å²) in [5.74, 6) is -1.52. The Morgan fingerprint density at radius 1 is 1.11 bits per heavy atom. The molecular formula is C19H28N2O5S. The lowest BCUT2D eigenvalue weighted by Gasteiger charge is -2.29. The number of benzene rings is 1. The third-order valence-electron chi connectivity index (χ3n) is 5.11. The van der Waals surface area contributed by atoms with E-state index in [0.717, 1.165) is 25.7 Å². The fourth-order valence-electron chi connectivity index (χ4n) is 3.22. The molecule has 1 aromatic carbocycles. The van der Waals surface area contributed by atoms with Crippen molar-refractivity contribution in [2.45, 2.75) is 75.3 Å². The summed E-state index contributed by atoms with van der Waals surface area (Å²) >= 11 is 0. The molecule has 3 N–H and O–H groups in total.